The Morgan fingerprint density at radius 2 is 2.00 bits per heavy atom. The largest absolute Gasteiger partial charge is 0.481 e. The molecule has 0 radical (unpaired) electrons. The molecular weight excluding hydrogens is 352 g/mol. The molecule has 1 aromatic rings. The molecule has 156 valence electrons. The number of aliphatic carboxylic acids is 1. The highest BCUT2D eigenvalue weighted by Gasteiger charge is 2.39. The molecule has 1 heterocycles. The summed E-state index contributed by atoms with van der Waals surface area (Å²) in [5, 5.41) is 9.73. The van der Waals surface area contributed by atoms with E-state index in [1.165, 1.54) is 0 Å². The molecule has 0 aliphatic rings. The van der Waals surface area contributed by atoms with Crippen LogP contribution in [0, 0.1) is 5.41 Å². The predicted octanol–water partition coefficient (Wildman–Crippen LogP) is 5.07. The van der Waals surface area contributed by atoms with Gasteiger partial charge in [0.25, 0.3) is 0 Å². The monoisotopic (exact) mass is 388 g/mol. The van der Waals surface area contributed by atoms with Crippen LogP contribution in [0.5, 0.6) is 0 Å². The number of aromatic nitrogens is 1. The van der Waals surface area contributed by atoms with Gasteiger partial charge in [-0.15, -0.1) is 0 Å². The van der Waals surface area contributed by atoms with E-state index in [-0.39, 0.29) is 5.92 Å². The quantitative estimate of drug-likeness (QED) is 0.536. The molecular formula is C23H36N2O3. The normalized spacial score (nSPS) is 12.4. The molecule has 1 unspecified atom stereocenters. The van der Waals surface area contributed by atoms with E-state index in [0.717, 1.165) is 30.0 Å². The summed E-state index contributed by atoms with van der Waals surface area (Å²) in [7, 11) is 1.67. The number of hydrogen-bond donors (Lipinski definition) is 1. The highest BCUT2D eigenvalue weighted by Crippen LogP contribution is 2.41. The predicted molar refractivity (Wildman–Crippen MR) is 118 cm³/mol. The number of allylic oxidation sites excluding steroid dienone is 4. The number of nitrogens with zero attached hydrogens (tertiary/aromatic N) is 2. The number of pyridine rings is 1. The van der Waals surface area contributed by atoms with Crippen LogP contribution in [-0.2, 0) is 9.53 Å². The number of methoxy groups -OCH3 is 1. The molecule has 5 heteroatoms. The second-order valence-corrected chi connectivity index (χ2v) is 6.59. The van der Waals surface area contributed by atoms with Crippen LogP contribution < -0.4 is 4.90 Å². The number of anilines is 1. The Balaban J connectivity index is 0.00000352. The third-order valence-electron chi connectivity index (χ3n) is 4.53. The van der Waals surface area contributed by atoms with Crippen LogP contribution in [0.25, 0.3) is 0 Å². The fraction of sp³-hybridized carbons (Fsp3) is 0.478. The van der Waals surface area contributed by atoms with Crippen molar-refractivity contribution in [3.05, 3.63) is 60.9 Å². The van der Waals surface area contributed by atoms with Gasteiger partial charge in [0.15, 0.2) is 0 Å². The second kappa shape index (κ2) is 12.9. The third kappa shape index (κ3) is 6.64. The fourth-order valence-electron chi connectivity index (χ4n) is 2.96. The van der Waals surface area contributed by atoms with Gasteiger partial charge in [0.2, 0.25) is 0 Å². The van der Waals surface area contributed by atoms with E-state index in [1.807, 2.05) is 26.0 Å². The summed E-state index contributed by atoms with van der Waals surface area (Å²) >= 11 is 0. The van der Waals surface area contributed by atoms with Crippen LogP contribution in [0.3, 0.4) is 0 Å². The number of carboxylic acids is 1. The van der Waals surface area contributed by atoms with Gasteiger partial charge in [-0.1, -0.05) is 51.3 Å². The average Bonchev–Trinajstić information content (AvgIpc) is 2.70. The Hall–Kier alpha value is -2.40. The Morgan fingerprint density at radius 1 is 1.36 bits per heavy atom. The van der Waals surface area contributed by atoms with Crippen LogP contribution in [0.15, 0.2) is 55.3 Å². The maximum Gasteiger partial charge on any atom is 0.310 e. The SMILES string of the molecule is C=C/C=C(\C=C)C(c1ccc(N(CC)CCOC)nc1)C(C)(C)C(=O)O.CC. The van der Waals surface area contributed by atoms with Gasteiger partial charge in [0.1, 0.15) is 5.82 Å². The smallest absolute Gasteiger partial charge is 0.310 e. The number of carboxylic acid groups (broad SMARTS) is 1. The summed E-state index contributed by atoms with van der Waals surface area (Å²) < 4.78 is 5.14. The van der Waals surface area contributed by atoms with Crippen molar-refractivity contribution < 1.29 is 14.6 Å². The zero-order chi connectivity index (χ0) is 21.7. The van der Waals surface area contributed by atoms with Gasteiger partial charge in [-0.3, -0.25) is 4.79 Å². The summed E-state index contributed by atoms with van der Waals surface area (Å²) in [5.74, 6) is -0.419. The number of carbonyl (C=O) groups is 1. The number of likely N-dealkylation sites (N-methyl/N-ethyl adjacent to an activating group) is 1. The zero-order valence-electron chi connectivity index (χ0n) is 18.2. The number of rotatable bonds is 11. The maximum absolute atomic E-state index is 11.9. The highest BCUT2D eigenvalue weighted by atomic mass is 16.5. The average molecular weight is 389 g/mol. The lowest BCUT2D eigenvalue weighted by molar-refractivity contribution is -0.147. The van der Waals surface area contributed by atoms with Crippen molar-refractivity contribution in [3.63, 3.8) is 0 Å². The Kier molecular flexibility index (Phi) is 11.8. The van der Waals surface area contributed by atoms with Gasteiger partial charge in [0, 0.05) is 32.3 Å². The molecule has 0 saturated carbocycles. The van der Waals surface area contributed by atoms with Gasteiger partial charge in [-0.25, -0.2) is 4.98 Å². The van der Waals surface area contributed by atoms with Crippen LogP contribution in [0.2, 0.25) is 0 Å². The van der Waals surface area contributed by atoms with Gasteiger partial charge >= 0.3 is 5.97 Å². The molecule has 1 aromatic heterocycles. The first-order valence-corrected chi connectivity index (χ1v) is 9.71. The summed E-state index contributed by atoms with van der Waals surface area (Å²) in [6, 6.07) is 3.86. The lowest BCUT2D eigenvalue weighted by atomic mass is 9.71. The van der Waals surface area contributed by atoms with Crippen molar-refractivity contribution in [1.82, 2.24) is 4.98 Å². The first-order valence-electron chi connectivity index (χ1n) is 9.71. The molecule has 0 aromatic carbocycles. The first kappa shape index (κ1) is 25.6. The molecule has 0 aliphatic carbocycles. The topological polar surface area (TPSA) is 62.7 Å². The van der Waals surface area contributed by atoms with Crippen LogP contribution in [0.4, 0.5) is 5.82 Å². The molecule has 5 nitrogen and oxygen atoms in total. The van der Waals surface area contributed by atoms with E-state index in [1.54, 1.807) is 45.4 Å². The number of ether oxygens (including phenoxy) is 1. The summed E-state index contributed by atoms with van der Waals surface area (Å²) in [5.41, 5.74) is 0.609. The standard InChI is InChI=1S/C21H30N2O3.C2H6/c1-7-10-16(8-2)19(21(4,5)20(24)25)17-11-12-18(22-15-17)23(9-3)13-14-26-6;1-2/h7-8,10-12,15,19H,1-2,9,13-14H2,3-6H3,(H,24,25);1-2H3/b16-10+;. The minimum atomic E-state index is -1.02. The molecule has 0 saturated heterocycles. The lowest BCUT2D eigenvalue weighted by Gasteiger charge is -2.32. The zero-order valence-corrected chi connectivity index (χ0v) is 18.2. The van der Waals surface area contributed by atoms with E-state index < -0.39 is 11.4 Å². The van der Waals surface area contributed by atoms with E-state index >= 15 is 0 Å². The molecule has 0 amide bonds. The van der Waals surface area contributed by atoms with E-state index in [4.69, 9.17) is 4.74 Å². The van der Waals surface area contributed by atoms with E-state index in [2.05, 4.69) is 30.0 Å². The Bertz CT molecular complexity index is 648. The minimum Gasteiger partial charge on any atom is -0.481 e. The molecule has 0 fully saturated rings. The molecule has 28 heavy (non-hydrogen) atoms. The van der Waals surface area contributed by atoms with Crippen LogP contribution in [-0.4, -0.2) is 42.9 Å². The van der Waals surface area contributed by atoms with Crippen molar-refractivity contribution in [1.29, 1.82) is 0 Å². The van der Waals surface area contributed by atoms with Gasteiger partial charge < -0.3 is 14.7 Å². The van der Waals surface area contributed by atoms with Crippen molar-refractivity contribution in [2.75, 3.05) is 31.7 Å². The van der Waals surface area contributed by atoms with Crippen LogP contribution in [0.1, 0.15) is 46.1 Å². The molecule has 0 aliphatic heterocycles. The van der Waals surface area contributed by atoms with Crippen LogP contribution >= 0.6 is 0 Å². The van der Waals surface area contributed by atoms with Crippen molar-refractivity contribution in [2.24, 2.45) is 5.41 Å². The molecule has 0 bridgehead atoms. The Labute approximate surface area is 170 Å². The van der Waals surface area contributed by atoms with Crippen molar-refractivity contribution in [3.8, 4) is 0 Å². The van der Waals surface area contributed by atoms with Crippen molar-refractivity contribution >= 4 is 11.8 Å². The molecule has 0 spiro atoms. The second-order valence-electron chi connectivity index (χ2n) is 6.59. The van der Waals surface area contributed by atoms with E-state index in [9.17, 15) is 9.90 Å². The number of hydrogen-bond acceptors (Lipinski definition) is 4. The Morgan fingerprint density at radius 3 is 2.39 bits per heavy atom. The fourth-order valence-corrected chi connectivity index (χ4v) is 2.96. The van der Waals surface area contributed by atoms with Gasteiger partial charge in [0.05, 0.1) is 12.0 Å². The molecule has 1 atom stereocenters. The molecule has 1 N–H and O–H groups in total. The minimum absolute atomic E-state index is 0.383. The van der Waals surface area contributed by atoms with Gasteiger partial charge in [-0.05, 0) is 38.0 Å². The third-order valence-corrected chi connectivity index (χ3v) is 4.53. The van der Waals surface area contributed by atoms with E-state index in [0.29, 0.717) is 6.61 Å². The van der Waals surface area contributed by atoms with Gasteiger partial charge in [-0.2, -0.15) is 0 Å². The maximum atomic E-state index is 11.9. The molecule has 1 rings (SSSR count). The summed E-state index contributed by atoms with van der Waals surface area (Å²) in [6.07, 6.45) is 6.88. The van der Waals surface area contributed by atoms with Crippen molar-refractivity contribution in [2.45, 2.75) is 40.5 Å². The highest BCUT2D eigenvalue weighted by molar-refractivity contribution is 5.76. The summed E-state index contributed by atoms with van der Waals surface area (Å²) in [6.45, 7) is 19.2. The first-order chi connectivity index (χ1) is 13.3. The summed E-state index contributed by atoms with van der Waals surface area (Å²) in [4.78, 5) is 18.5. The lowest BCUT2D eigenvalue weighted by Crippen LogP contribution is -2.32.